The van der Waals surface area contributed by atoms with Crippen LogP contribution >= 0.6 is 0 Å². The lowest BCUT2D eigenvalue weighted by molar-refractivity contribution is 0.160. The molecule has 0 aliphatic heterocycles. The van der Waals surface area contributed by atoms with Gasteiger partial charge in [0.15, 0.2) is 0 Å². The van der Waals surface area contributed by atoms with Gasteiger partial charge >= 0.3 is 6.09 Å². The summed E-state index contributed by atoms with van der Waals surface area (Å²) in [6.07, 6.45) is 2.88. The number of benzene rings is 2. The second-order valence-electron chi connectivity index (χ2n) is 4.53. The van der Waals surface area contributed by atoms with Crippen LogP contribution in [0.5, 0.6) is 0 Å². The van der Waals surface area contributed by atoms with Gasteiger partial charge in [0.2, 0.25) is 6.29 Å². The van der Waals surface area contributed by atoms with Crippen LogP contribution in [0.3, 0.4) is 0 Å². The molecule has 0 aliphatic carbocycles. The van der Waals surface area contributed by atoms with E-state index < -0.39 is 6.09 Å². The Balaban J connectivity index is 1.71. The summed E-state index contributed by atoms with van der Waals surface area (Å²) in [5, 5.41) is 2.58. The van der Waals surface area contributed by atoms with Gasteiger partial charge in [0.25, 0.3) is 0 Å². The number of carbonyl (C=O) groups excluding carboxylic acids is 2. The molecule has 21 heavy (non-hydrogen) atoms. The van der Waals surface area contributed by atoms with E-state index in [4.69, 9.17) is 4.74 Å². The van der Waals surface area contributed by atoms with E-state index in [-0.39, 0.29) is 0 Å². The lowest BCUT2D eigenvalue weighted by Crippen LogP contribution is -2.14. The summed E-state index contributed by atoms with van der Waals surface area (Å²) in [7, 11) is 0. The number of rotatable bonds is 6. The average Bonchev–Trinajstić information content (AvgIpc) is 2.53. The van der Waals surface area contributed by atoms with Gasteiger partial charge < -0.3 is 4.74 Å². The maximum absolute atomic E-state index is 11.6. The molecule has 1 amide bonds. The average molecular weight is 282 g/mol. The van der Waals surface area contributed by atoms with Gasteiger partial charge in [0.1, 0.15) is 0 Å². The first-order chi connectivity index (χ1) is 10.3. The Morgan fingerprint density at radius 1 is 1.10 bits per heavy atom. The molecule has 0 spiro atoms. The third-order valence-electron chi connectivity index (χ3n) is 2.91. The van der Waals surface area contributed by atoms with Crippen LogP contribution in [0.4, 0.5) is 10.5 Å². The smallest absolute Gasteiger partial charge is 0.411 e. The molecule has 0 aliphatic rings. The fraction of sp³-hybridized carbons (Fsp3) is 0.176. The molecule has 107 valence electrons. The molecule has 2 rings (SSSR count). The highest BCUT2D eigenvalue weighted by atomic mass is 16.5. The van der Waals surface area contributed by atoms with Crippen molar-refractivity contribution in [2.24, 2.45) is 0 Å². The number of amides is 1. The largest absolute Gasteiger partial charge is 0.449 e. The van der Waals surface area contributed by atoms with Crippen LogP contribution in [-0.4, -0.2) is 19.0 Å². The van der Waals surface area contributed by atoms with Crippen LogP contribution in [0.1, 0.15) is 17.5 Å². The van der Waals surface area contributed by atoms with Crippen molar-refractivity contribution in [2.45, 2.75) is 12.8 Å². The van der Waals surface area contributed by atoms with E-state index in [0.29, 0.717) is 17.9 Å². The molecular formula is C17H16NO3. The van der Waals surface area contributed by atoms with E-state index in [1.54, 1.807) is 24.5 Å². The first-order valence-electron chi connectivity index (χ1n) is 6.74. The third kappa shape index (κ3) is 5.10. The zero-order valence-corrected chi connectivity index (χ0v) is 11.5. The van der Waals surface area contributed by atoms with Gasteiger partial charge in [-0.1, -0.05) is 42.5 Å². The number of hydrogen-bond donors (Lipinski definition) is 1. The molecule has 0 bridgehead atoms. The van der Waals surface area contributed by atoms with Crippen LogP contribution in [0.2, 0.25) is 0 Å². The predicted octanol–water partition coefficient (Wildman–Crippen LogP) is 3.33. The Hall–Kier alpha value is -2.62. The van der Waals surface area contributed by atoms with Crippen LogP contribution in [0, 0.1) is 0 Å². The van der Waals surface area contributed by atoms with Crippen LogP contribution in [-0.2, 0) is 16.0 Å². The molecule has 1 radical (unpaired) electrons. The Bertz CT molecular complexity index is 596. The molecule has 4 nitrogen and oxygen atoms in total. The van der Waals surface area contributed by atoms with Gasteiger partial charge in [-0.3, -0.25) is 10.1 Å². The molecule has 2 aromatic carbocycles. The number of anilines is 1. The summed E-state index contributed by atoms with van der Waals surface area (Å²) in [4.78, 5) is 22.1. The summed E-state index contributed by atoms with van der Waals surface area (Å²) in [6, 6.07) is 16.5. The van der Waals surface area contributed by atoms with E-state index in [2.05, 4.69) is 5.32 Å². The van der Waals surface area contributed by atoms with Crippen molar-refractivity contribution >= 4 is 18.1 Å². The topological polar surface area (TPSA) is 55.4 Å². The Morgan fingerprint density at radius 2 is 1.90 bits per heavy atom. The van der Waals surface area contributed by atoms with Crippen LogP contribution in [0.25, 0.3) is 0 Å². The molecule has 4 heteroatoms. The van der Waals surface area contributed by atoms with E-state index in [9.17, 15) is 9.59 Å². The number of hydrogen-bond acceptors (Lipinski definition) is 3. The normalized spacial score (nSPS) is 9.90. The Kier molecular flexibility index (Phi) is 5.52. The van der Waals surface area contributed by atoms with Gasteiger partial charge in [-0.2, -0.15) is 0 Å². The second kappa shape index (κ2) is 7.85. The minimum absolute atomic E-state index is 0.347. The SMILES string of the molecule is O=[C]c1cccc(NC(=O)OCCCc2ccccc2)c1. The molecular weight excluding hydrogens is 266 g/mol. The molecule has 0 unspecified atom stereocenters. The van der Waals surface area contributed by atoms with Gasteiger partial charge in [-0.25, -0.2) is 4.79 Å². The zero-order chi connectivity index (χ0) is 14.9. The van der Waals surface area contributed by atoms with Crippen molar-refractivity contribution in [3.8, 4) is 0 Å². The van der Waals surface area contributed by atoms with Crippen LogP contribution < -0.4 is 5.32 Å². The summed E-state index contributed by atoms with van der Waals surface area (Å²) >= 11 is 0. The fourth-order valence-corrected chi connectivity index (χ4v) is 1.90. The number of nitrogens with one attached hydrogen (secondary N) is 1. The number of aryl methyl sites for hydroxylation is 1. The lowest BCUT2D eigenvalue weighted by atomic mass is 10.1. The molecule has 0 aromatic heterocycles. The monoisotopic (exact) mass is 282 g/mol. The standard InChI is InChI=1S/C17H16NO3/c19-13-15-8-4-10-16(12-15)18-17(20)21-11-5-9-14-6-2-1-3-7-14/h1-4,6-8,10,12H,5,9,11H2,(H,18,20). The summed E-state index contributed by atoms with van der Waals surface area (Å²) in [5.74, 6) is 0. The van der Waals surface area contributed by atoms with E-state index in [0.717, 1.165) is 12.8 Å². The van der Waals surface area contributed by atoms with E-state index in [1.165, 1.54) is 11.6 Å². The highest BCUT2D eigenvalue weighted by Gasteiger charge is 2.03. The molecule has 2 aromatic rings. The van der Waals surface area contributed by atoms with Crippen molar-refractivity contribution in [3.05, 3.63) is 65.7 Å². The molecule has 0 saturated heterocycles. The van der Waals surface area contributed by atoms with Gasteiger partial charge in [-0.05, 0) is 30.5 Å². The maximum Gasteiger partial charge on any atom is 0.411 e. The Labute approximate surface area is 123 Å². The molecule has 0 saturated carbocycles. The quantitative estimate of drug-likeness (QED) is 0.827. The number of carbonyl (C=O) groups is 1. The highest BCUT2D eigenvalue weighted by Crippen LogP contribution is 2.09. The minimum atomic E-state index is -0.522. The van der Waals surface area contributed by atoms with Crippen LogP contribution in [0.15, 0.2) is 54.6 Å². The third-order valence-corrected chi connectivity index (χ3v) is 2.91. The lowest BCUT2D eigenvalue weighted by Gasteiger charge is -2.07. The van der Waals surface area contributed by atoms with Gasteiger partial charge in [-0.15, -0.1) is 0 Å². The Morgan fingerprint density at radius 3 is 2.67 bits per heavy atom. The molecule has 1 N–H and O–H groups in total. The first kappa shape index (κ1) is 14.8. The van der Waals surface area contributed by atoms with Crippen molar-refractivity contribution in [2.75, 3.05) is 11.9 Å². The predicted molar refractivity (Wildman–Crippen MR) is 81.0 cm³/mol. The second-order valence-corrected chi connectivity index (χ2v) is 4.53. The zero-order valence-electron chi connectivity index (χ0n) is 11.5. The van der Waals surface area contributed by atoms with Crippen molar-refractivity contribution in [3.63, 3.8) is 0 Å². The summed E-state index contributed by atoms with van der Waals surface area (Å²) < 4.78 is 5.09. The minimum Gasteiger partial charge on any atom is -0.449 e. The molecule has 0 fully saturated rings. The molecule has 0 atom stereocenters. The summed E-state index contributed by atoms with van der Waals surface area (Å²) in [6.45, 7) is 0.347. The fourth-order valence-electron chi connectivity index (χ4n) is 1.90. The van der Waals surface area contributed by atoms with E-state index >= 15 is 0 Å². The molecule has 0 heterocycles. The van der Waals surface area contributed by atoms with Gasteiger partial charge in [0, 0.05) is 11.3 Å². The van der Waals surface area contributed by atoms with E-state index in [1.807, 2.05) is 30.3 Å². The maximum atomic E-state index is 11.6. The highest BCUT2D eigenvalue weighted by molar-refractivity contribution is 5.86. The van der Waals surface area contributed by atoms with Gasteiger partial charge in [0.05, 0.1) is 6.61 Å². The summed E-state index contributed by atoms with van der Waals surface area (Å²) in [5.41, 5.74) is 2.12. The number of ether oxygens (including phenoxy) is 1. The van der Waals surface area contributed by atoms with Crippen molar-refractivity contribution in [1.29, 1.82) is 0 Å². The van der Waals surface area contributed by atoms with Crippen molar-refractivity contribution < 1.29 is 14.3 Å². The van der Waals surface area contributed by atoms with Crippen molar-refractivity contribution in [1.82, 2.24) is 0 Å². The first-order valence-corrected chi connectivity index (χ1v) is 6.74.